The van der Waals surface area contributed by atoms with Crippen molar-refractivity contribution in [2.24, 2.45) is 0 Å². The van der Waals surface area contributed by atoms with E-state index in [0.717, 1.165) is 38.0 Å². The molecule has 1 saturated heterocycles. The summed E-state index contributed by atoms with van der Waals surface area (Å²) in [5, 5.41) is 15.4. The van der Waals surface area contributed by atoms with Crippen LogP contribution in [0.3, 0.4) is 0 Å². The predicted octanol–water partition coefficient (Wildman–Crippen LogP) is 1.76. The second-order valence-electron chi connectivity index (χ2n) is 6.30. The van der Waals surface area contributed by atoms with Gasteiger partial charge in [-0.2, -0.15) is 0 Å². The van der Waals surface area contributed by atoms with Crippen molar-refractivity contribution in [3.8, 4) is 0 Å². The van der Waals surface area contributed by atoms with E-state index in [1.807, 2.05) is 30.3 Å². The number of nitrogens with zero attached hydrogens (tertiary/aromatic N) is 1. The fourth-order valence-electron chi connectivity index (χ4n) is 3.09. The summed E-state index contributed by atoms with van der Waals surface area (Å²) >= 11 is 0. The number of likely N-dealkylation sites (tertiary alicyclic amines) is 1. The molecule has 1 aromatic rings. The summed E-state index contributed by atoms with van der Waals surface area (Å²) in [5.74, 6) is 0. The summed E-state index contributed by atoms with van der Waals surface area (Å²) in [6.07, 6.45) is 3.81. The maximum atomic E-state index is 12.1. The minimum absolute atomic E-state index is 0.0583. The smallest absolute Gasteiger partial charge is 0.315 e. The molecule has 1 unspecified atom stereocenters. The minimum Gasteiger partial charge on any atom is -0.394 e. The molecule has 23 heavy (non-hydrogen) atoms. The molecule has 1 aliphatic rings. The van der Waals surface area contributed by atoms with Crippen molar-refractivity contribution in [1.29, 1.82) is 0 Å². The largest absolute Gasteiger partial charge is 0.394 e. The Kier molecular flexibility index (Phi) is 7.36. The van der Waals surface area contributed by atoms with Crippen LogP contribution in [0, 0.1) is 0 Å². The molecule has 1 atom stereocenters. The molecule has 2 amide bonds. The van der Waals surface area contributed by atoms with Gasteiger partial charge in [-0.3, -0.25) is 0 Å². The fraction of sp³-hybridized carbons (Fsp3) is 0.611. The highest BCUT2D eigenvalue weighted by atomic mass is 16.3. The average molecular weight is 319 g/mol. The number of piperidine rings is 1. The highest BCUT2D eigenvalue weighted by molar-refractivity contribution is 5.74. The van der Waals surface area contributed by atoms with Gasteiger partial charge in [-0.05, 0) is 37.8 Å². The van der Waals surface area contributed by atoms with Gasteiger partial charge in [-0.25, -0.2) is 4.79 Å². The maximum absolute atomic E-state index is 12.1. The molecule has 0 aromatic heterocycles. The van der Waals surface area contributed by atoms with Crippen LogP contribution in [-0.2, 0) is 6.42 Å². The number of rotatable bonds is 7. The molecule has 1 heterocycles. The molecule has 0 aliphatic carbocycles. The number of nitrogens with one attached hydrogen (secondary N) is 2. The SMILES string of the molecule is CCCN1CCC(NC(=O)NC(CO)Cc2ccccc2)CC1. The Morgan fingerprint density at radius 2 is 2.00 bits per heavy atom. The van der Waals surface area contributed by atoms with E-state index in [-0.39, 0.29) is 24.7 Å². The van der Waals surface area contributed by atoms with E-state index >= 15 is 0 Å². The van der Waals surface area contributed by atoms with Gasteiger partial charge >= 0.3 is 6.03 Å². The van der Waals surface area contributed by atoms with E-state index in [1.165, 1.54) is 6.42 Å². The third-order valence-electron chi connectivity index (χ3n) is 4.34. The zero-order valence-electron chi connectivity index (χ0n) is 14.0. The average Bonchev–Trinajstić information content (AvgIpc) is 2.57. The molecule has 1 fully saturated rings. The van der Waals surface area contributed by atoms with E-state index in [4.69, 9.17) is 0 Å². The zero-order valence-corrected chi connectivity index (χ0v) is 14.0. The molecule has 5 heteroatoms. The summed E-state index contributed by atoms with van der Waals surface area (Å²) in [6.45, 7) is 5.37. The Balaban J connectivity index is 1.73. The second kappa shape index (κ2) is 9.53. The van der Waals surface area contributed by atoms with Gasteiger partial charge < -0.3 is 20.6 Å². The lowest BCUT2D eigenvalue weighted by Gasteiger charge is -2.32. The molecule has 0 radical (unpaired) electrons. The van der Waals surface area contributed by atoms with E-state index in [9.17, 15) is 9.90 Å². The van der Waals surface area contributed by atoms with Crippen molar-refractivity contribution in [3.05, 3.63) is 35.9 Å². The number of carbonyl (C=O) groups excluding carboxylic acids is 1. The van der Waals surface area contributed by atoms with E-state index < -0.39 is 0 Å². The van der Waals surface area contributed by atoms with Crippen LogP contribution in [0.5, 0.6) is 0 Å². The Morgan fingerprint density at radius 1 is 1.30 bits per heavy atom. The number of hydrogen-bond donors (Lipinski definition) is 3. The first kappa shape index (κ1) is 17.8. The summed E-state index contributed by atoms with van der Waals surface area (Å²) < 4.78 is 0. The second-order valence-corrected chi connectivity index (χ2v) is 6.30. The minimum atomic E-state index is -0.252. The maximum Gasteiger partial charge on any atom is 0.315 e. The molecule has 128 valence electrons. The Hall–Kier alpha value is -1.59. The number of benzene rings is 1. The number of urea groups is 1. The van der Waals surface area contributed by atoms with Crippen molar-refractivity contribution in [2.75, 3.05) is 26.2 Å². The van der Waals surface area contributed by atoms with Crippen molar-refractivity contribution >= 4 is 6.03 Å². The standard InChI is InChI=1S/C18H29N3O2/c1-2-10-21-11-8-16(9-12-21)19-18(23)20-17(14-22)13-15-6-4-3-5-7-15/h3-7,16-17,22H,2,8-14H2,1H3,(H2,19,20,23). The lowest BCUT2D eigenvalue weighted by Crippen LogP contribution is -2.51. The van der Waals surface area contributed by atoms with Gasteiger partial charge in [0.1, 0.15) is 0 Å². The third-order valence-corrected chi connectivity index (χ3v) is 4.34. The van der Waals surface area contributed by atoms with Crippen LogP contribution in [0.15, 0.2) is 30.3 Å². The Bertz CT molecular complexity index is 459. The van der Waals surface area contributed by atoms with Crippen LogP contribution in [0.25, 0.3) is 0 Å². The molecule has 2 rings (SSSR count). The van der Waals surface area contributed by atoms with Crippen LogP contribution in [0.1, 0.15) is 31.7 Å². The van der Waals surface area contributed by atoms with Crippen LogP contribution >= 0.6 is 0 Å². The van der Waals surface area contributed by atoms with Gasteiger partial charge in [0.2, 0.25) is 0 Å². The van der Waals surface area contributed by atoms with Gasteiger partial charge in [0, 0.05) is 19.1 Å². The Labute approximate surface area is 139 Å². The normalized spacial score (nSPS) is 17.7. The quantitative estimate of drug-likeness (QED) is 0.717. The molecule has 0 spiro atoms. The molecule has 1 aromatic carbocycles. The van der Waals surface area contributed by atoms with Crippen molar-refractivity contribution in [3.63, 3.8) is 0 Å². The number of carbonyl (C=O) groups is 1. The van der Waals surface area contributed by atoms with Crippen molar-refractivity contribution in [2.45, 2.75) is 44.7 Å². The first-order valence-electron chi connectivity index (χ1n) is 8.65. The molecule has 0 bridgehead atoms. The molecule has 1 aliphatic heterocycles. The van der Waals surface area contributed by atoms with Crippen LogP contribution in [0.2, 0.25) is 0 Å². The molecular formula is C18H29N3O2. The van der Waals surface area contributed by atoms with Gasteiger partial charge in [0.15, 0.2) is 0 Å². The Morgan fingerprint density at radius 3 is 2.61 bits per heavy atom. The van der Waals surface area contributed by atoms with Crippen molar-refractivity contribution in [1.82, 2.24) is 15.5 Å². The molecule has 5 nitrogen and oxygen atoms in total. The summed E-state index contributed by atoms with van der Waals surface area (Å²) in [7, 11) is 0. The molecule has 0 saturated carbocycles. The highest BCUT2D eigenvalue weighted by Crippen LogP contribution is 2.10. The summed E-state index contributed by atoms with van der Waals surface area (Å²) in [6, 6.07) is 9.72. The van der Waals surface area contributed by atoms with Crippen LogP contribution in [-0.4, -0.2) is 54.4 Å². The summed E-state index contributed by atoms with van der Waals surface area (Å²) in [5.41, 5.74) is 1.11. The van der Waals surface area contributed by atoms with Crippen LogP contribution < -0.4 is 10.6 Å². The summed E-state index contributed by atoms with van der Waals surface area (Å²) in [4.78, 5) is 14.6. The number of hydrogen-bond acceptors (Lipinski definition) is 3. The monoisotopic (exact) mass is 319 g/mol. The fourth-order valence-corrected chi connectivity index (χ4v) is 3.09. The van der Waals surface area contributed by atoms with Gasteiger partial charge in [0.05, 0.1) is 12.6 Å². The van der Waals surface area contributed by atoms with Gasteiger partial charge in [0.25, 0.3) is 0 Å². The topological polar surface area (TPSA) is 64.6 Å². The van der Waals surface area contributed by atoms with Gasteiger partial charge in [-0.15, -0.1) is 0 Å². The highest BCUT2D eigenvalue weighted by Gasteiger charge is 2.21. The number of aliphatic hydroxyl groups is 1. The number of aliphatic hydroxyl groups excluding tert-OH is 1. The number of amides is 2. The molecular weight excluding hydrogens is 290 g/mol. The zero-order chi connectivity index (χ0) is 16.5. The van der Waals surface area contributed by atoms with Crippen LogP contribution in [0.4, 0.5) is 4.79 Å². The van der Waals surface area contributed by atoms with Gasteiger partial charge in [-0.1, -0.05) is 37.3 Å². The van der Waals surface area contributed by atoms with Crippen molar-refractivity contribution < 1.29 is 9.90 Å². The lowest BCUT2D eigenvalue weighted by molar-refractivity contribution is 0.186. The molecule has 3 N–H and O–H groups in total. The first-order chi connectivity index (χ1) is 11.2. The van der Waals surface area contributed by atoms with E-state index in [2.05, 4.69) is 22.5 Å². The van der Waals surface area contributed by atoms with E-state index in [1.54, 1.807) is 0 Å². The van der Waals surface area contributed by atoms with E-state index in [0.29, 0.717) is 6.42 Å². The predicted molar refractivity (Wildman–Crippen MR) is 92.4 cm³/mol. The lowest BCUT2D eigenvalue weighted by atomic mass is 10.0. The third kappa shape index (κ3) is 6.20. The first-order valence-corrected chi connectivity index (χ1v) is 8.65.